The van der Waals surface area contributed by atoms with E-state index in [2.05, 4.69) is 96.1 Å². The van der Waals surface area contributed by atoms with Gasteiger partial charge in [0.05, 0.1) is 16.8 Å². The summed E-state index contributed by atoms with van der Waals surface area (Å²) >= 11 is 1.73. The number of aliphatic imine (C=N–C) groups is 2. The number of ether oxygens (including phenoxy) is 1. The molecule has 7 rings (SSSR count). The van der Waals surface area contributed by atoms with Crippen molar-refractivity contribution in [3.05, 3.63) is 144 Å². The number of carbonyl (C=O) groups excluding carboxylic acids is 1. The minimum Gasteiger partial charge on any atom is -0.492 e. The molecule has 0 fully saturated rings. The van der Waals surface area contributed by atoms with Gasteiger partial charge in [-0.3, -0.25) is 4.79 Å². The maximum atomic E-state index is 12.0. The van der Waals surface area contributed by atoms with Gasteiger partial charge in [-0.15, -0.1) is 11.3 Å². The molecule has 0 bridgehead atoms. The number of aromatic nitrogens is 1. The van der Waals surface area contributed by atoms with Crippen LogP contribution in [-0.2, 0) is 11.3 Å². The number of thiazole rings is 1. The van der Waals surface area contributed by atoms with Crippen molar-refractivity contribution in [3.8, 4) is 16.3 Å². The van der Waals surface area contributed by atoms with Gasteiger partial charge in [-0.25, -0.2) is 9.98 Å². The molecule has 232 valence electrons. The van der Waals surface area contributed by atoms with Gasteiger partial charge in [0.2, 0.25) is 0 Å². The van der Waals surface area contributed by atoms with Gasteiger partial charge in [-0.2, -0.15) is 4.99 Å². The molecule has 1 aromatic heterocycles. The quantitative estimate of drug-likeness (QED) is 0.161. The smallest absolute Gasteiger partial charge is 0.271 e. The summed E-state index contributed by atoms with van der Waals surface area (Å²) in [7, 11) is 2.08. The largest absolute Gasteiger partial charge is 0.492 e. The van der Waals surface area contributed by atoms with Gasteiger partial charge in [0.15, 0.2) is 5.84 Å². The molecule has 1 amide bonds. The third-order valence-corrected chi connectivity index (χ3v) is 9.26. The van der Waals surface area contributed by atoms with Crippen LogP contribution in [0, 0.1) is 6.92 Å². The Balaban J connectivity index is 0.973. The van der Waals surface area contributed by atoms with E-state index in [-0.39, 0.29) is 0 Å². The molecule has 2 aliphatic rings. The van der Waals surface area contributed by atoms with Crippen molar-refractivity contribution < 1.29 is 9.53 Å². The van der Waals surface area contributed by atoms with Crippen LogP contribution < -0.4 is 9.64 Å². The highest BCUT2D eigenvalue weighted by molar-refractivity contribution is 7.21. The lowest BCUT2D eigenvalue weighted by atomic mass is 10.0. The van der Waals surface area contributed by atoms with Crippen LogP contribution in [0.25, 0.3) is 26.4 Å². The van der Waals surface area contributed by atoms with Crippen molar-refractivity contribution in [3.63, 3.8) is 0 Å². The maximum Gasteiger partial charge on any atom is 0.271 e. The number of amides is 1. The van der Waals surface area contributed by atoms with Crippen molar-refractivity contribution >= 4 is 50.4 Å². The Labute approximate surface area is 278 Å². The second kappa shape index (κ2) is 13.0. The number of anilines is 1. The molecule has 7 nitrogen and oxygen atoms in total. The Kier molecular flexibility index (Phi) is 8.33. The number of rotatable bonds is 8. The van der Waals surface area contributed by atoms with E-state index in [1.54, 1.807) is 11.3 Å². The zero-order chi connectivity index (χ0) is 32.3. The highest BCUT2D eigenvalue weighted by atomic mass is 32.1. The number of likely N-dealkylation sites (N-methyl/N-ethyl adjacent to an activating group) is 1. The van der Waals surface area contributed by atoms with Crippen LogP contribution in [0.4, 0.5) is 5.69 Å². The first-order valence-electron chi connectivity index (χ1n) is 15.4. The maximum absolute atomic E-state index is 12.0. The van der Waals surface area contributed by atoms with Crippen molar-refractivity contribution in [1.82, 2.24) is 9.88 Å². The highest BCUT2D eigenvalue weighted by Crippen LogP contribution is 2.32. The summed E-state index contributed by atoms with van der Waals surface area (Å²) in [6, 6.07) is 31.0. The van der Waals surface area contributed by atoms with Crippen LogP contribution in [0.2, 0.25) is 0 Å². The number of nitrogens with zero attached hydrogens (tertiary/aromatic N) is 5. The summed E-state index contributed by atoms with van der Waals surface area (Å²) in [6.07, 6.45) is 7.28. The van der Waals surface area contributed by atoms with Crippen LogP contribution in [0.1, 0.15) is 22.3 Å². The lowest BCUT2D eigenvalue weighted by Gasteiger charge is -2.23. The fourth-order valence-electron chi connectivity index (χ4n) is 5.59. The summed E-state index contributed by atoms with van der Waals surface area (Å²) in [5.74, 6) is 1.53. The number of hydrogen-bond acceptors (Lipinski definition) is 6. The molecular weight excluding hydrogens is 603 g/mol. The summed E-state index contributed by atoms with van der Waals surface area (Å²) < 4.78 is 7.32. The van der Waals surface area contributed by atoms with Crippen LogP contribution in [0.3, 0.4) is 0 Å². The van der Waals surface area contributed by atoms with Gasteiger partial charge in [0.1, 0.15) is 23.2 Å². The van der Waals surface area contributed by atoms with Crippen LogP contribution in [-0.4, -0.2) is 47.7 Å². The van der Waals surface area contributed by atoms with E-state index in [4.69, 9.17) is 14.7 Å². The molecule has 0 saturated carbocycles. The fraction of sp³-hybridized carbons (Fsp3) is 0.128. The third-order valence-electron chi connectivity index (χ3n) is 8.19. The van der Waals surface area contributed by atoms with E-state index in [1.165, 1.54) is 16.3 Å². The Bertz CT molecular complexity index is 2110. The number of hydrogen-bond donors (Lipinski definition) is 0. The highest BCUT2D eigenvalue weighted by Gasteiger charge is 2.22. The summed E-state index contributed by atoms with van der Waals surface area (Å²) in [4.78, 5) is 30.1. The van der Waals surface area contributed by atoms with E-state index >= 15 is 0 Å². The summed E-state index contributed by atoms with van der Waals surface area (Å²) in [5, 5.41) is 1.04. The predicted octanol–water partition coefficient (Wildman–Crippen LogP) is 8.07. The molecule has 0 unspecified atom stereocenters. The first-order valence-corrected chi connectivity index (χ1v) is 16.3. The van der Waals surface area contributed by atoms with Gasteiger partial charge in [0.25, 0.3) is 5.91 Å². The first-order chi connectivity index (χ1) is 22.9. The topological polar surface area (TPSA) is 70.4 Å². The van der Waals surface area contributed by atoms with E-state index in [1.807, 2.05) is 48.6 Å². The van der Waals surface area contributed by atoms with Gasteiger partial charge in [-0.05, 0) is 95.9 Å². The Morgan fingerprint density at radius 3 is 2.62 bits per heavy atom. The predicted molar refractivity (Wildman–Crippen MR) is 193 cm³/mol. The zero-order valence-electron chi connectivity index (χ0n) is 26.3. The van der Waals surface area contributed by atoms with Crippen LogP contribution in [0.5, 0.6) is 5.75 Å². The lowest BCUT2D eigenvalue weighted by molar-refractivity contribution is -0.113. The third kappa shape index (κ3) is 6.55. The second-order valence-electron chi connectivity index (χ2n) is 11.5. The van der Waals surface area contributed by atoms with E-state index in [0.29, 0.717) is 19.0 Å². The van der Waals surface area contributed by atoms with Crippen molar-refractivity contribution in [2.45, 2.75) is 13.5 Å². The van der Waals surface area contributed by atoms with E-state index in [0.717, 1.165) is 62.2 Å². The minimum absolute atomic E-state index is 0.396. The lowest BCUT2D eigenvalue weighted by Crippen LogP contribution is -2.25. The molecule has 5 aromatic rings. The Hall–Kier alpha value is -5.60. The standard InChI is InChI=1S/C39H33N5O2S/c1-4-37(45)42-38-33-8-6-5-7-30(33)25-44-24-29(14-20-36(44)41-38)27-12-17-32(18-13-27)46-22-21-43(3)31-15-10-28(11-16-31)39-40-34-19-9-26(2)23-35(34)47-39/h4-20,23-24H,1,21-22,25H2,2-3H3/b42-38-. The van der Waals surface area contributed by atoms with Crippen molar-refractivity contribution in [2.24, 2.45) is 9.98 Å². The number of carbonyl (C=O) groups is 1. The van der Waals surface area contributed by atoms with E-state index in [9.17, 15) is 4.79 Å². The molecule has 2 aliphatic heterocycles. The number of allylic oxidation sites excluding steroid dienone is 2. The number of benzene rings is 4. The Morgan fingerprint density at radius 2 is 1.81 bits per heavy atom. The molecule has 3 heterocycles. The number of fused-ring (bicyclic) bond motifs is 3. The average molecular weight is 636 g/mol. The van der Waals surface area contributed by atoms with Gasteiger partial charge < -0.3 is 14.5 Å². The molecule has 4 aromatic carbocycles. The fourth-order valence-corrected chi connectivity index (χ4v) is 6.66. The minimum atomic E-state index is -0.414. The zero-order valence-corrected chi connectivity index (χ0v) is 27.1. The monoisotopic (exact) mass is 635 g/mol. The average Bonchev–Trinajstić information content (AvgIpc) is 3.45. The van der Waals surface area contributed by atoms with Gasteiger partial charge in [-0.1, -0.05) is 49.0 Å². The second-order valence-corrected chi connectivity index (χ2v) is 12.5. The molecule has 0 aliphatic carbocycles. The summed E-state index contributed by atoms with van der Waals surface area (Å²) in [5.41, 5.74) is 8.57. The molecule has 0 N–H and O–H groups in total. The van der Waals surface area contributed by atoms with E-state index < -0.39 is 5.91 Å². The normalized spacial score (nSPS) is 14.6. The molecule has 0 spiro atoms. The van der Waals surface area contributed by atoms with Gasteiger partial charge in [0, 0.05) is 36.6 Å². The van der Waals surface area contributed by atoms with Gasteiger partial charge >= 0.3 is 0 Å². The van der Waals surface area contributed by atoms with Crippen LogP contribution in [0.15, 0.2) is 132 Å². The molecule has 0 radical (unpaired) electrons. The summed E-state index contributed by atoms with van der Waals surface area (Å²) in [6.45, 7) is 7.57. The molecule has 47 heavy (non-hydrogen) atoms. The number of amidine groups is 2. The molecule has 8 heteroatoms. The van der Waals surface area contributed by atoms with Crippen molar-refractivity contribution in [2.75, 3.05) is 25.1 Å². The molecular formula is C39H33N5O2S. The van der Waals surface area contributed by atoms with Crippen LogP contribution >= 0.6 is 11.3 Å². The Morgan fingerprint density at radius 1 is 1.02 bits per heavy atom. The molecule has 0 atom stereocenters. The van der Waals surface area contributed by atoms with Crippen molar-refractivity contribution in [1.29, 1.82) is 0 Å². The number of aryl methyl sites for hydroxylation is 1. The first kappa shape index (κ1) is 30.1. The SMILES string of the molecule is C=CC(=O)/N=C1\N=C2C=CC(c3ccc(OCCN(C)c4ccc(-c5nc6ccc(C)cc6s5)cc4)cc3)=CN2Cc2ccccc21. The molecule has 0 saturated heterocycles.